The molecule has 0 aromatic rings. The Labute approximate surface area is 75.6 Å². The van der Waals surface area contributed by atoms with Crippen LogP contribution in [0, 0.1) is 0 Å². The van der Waals surface area contributed by atoms with E-state index in [1.807, 2.05) is 0 Å². The highest BCUT2D eigenvalue weighted by atomic mass is 16.5. The van der Waals surface area contributed by atoms with Gasteiger partial charge in [-0.05, 0) is 6.42 Å². The lowest BCUT2D eigenvalue weighted by atomic mass is 10.3. The summed E-state index contributed by atoms with van der Waals surface area (Å²) in [6.07, 6.45) is 5.42. The van der Waals surface area contributed by atoms with Gasteiger partial charge in [0.2, 0.25) is 0 Å². The molecule has 12 heavy (non-hydrogen) atoms. The molecule has 0 amide bonds. The van der Waals surface area contributed by atoms with Gasteiger partial charge in [0.05, 0.1) is 19.8 Å². The third-order valence-corrected chi connectivity index (χ3v) is 1.50. The van der Waals surface area contributed by atoms with E-state index in [1.165, 1.54) is 12.8 Å². The Kier molecular flexibility index (Phi) is 10.4. The zero-order valence-corrected chi connectivity index (χ0v) is 8.05. The van der Waals surface area contributed by atoms with E-state index in [-0.39, 0.29) is 0 Å². The highest BCUT2D eigenvalue weighted by Gasteiger charge is 1.88. The van der Waals surface area contributed by atoms with Crippen molar-refractivity contribution in [1.29, 1.82) is 0 Å². The molecule has 2 heteroatoms. The second-order valence-electron chi connectivity index (χ2n) is 2.68. The van der Waals surface area contributed by atoms with Crippen molar-refractivity contribution in [3.8, 4) is 0 Å². The van der Waals surface area contributed by atoms with Crippen molar-refractivity contribution < 1.29 is 9.47 Å². The molecule has 0 spiro atoms. The molecular weight excluding hydrogens is 152 g/mol. The maximum absolute atomic E-state index is 5.32. The van der Waals surface area contributed by atoms with E-state index in [1.54, 1.807) is 6.08 Å². The van der Waals surface area contributed by atoms with Crippen LogP contribution in [0.5, 0.6) is 0 Å². The average Bonchev–Trinajstić information content (AvgIpc) is 2.10. The lowest BCUT2D eigenvalue weighted by Gasteiger charge is -2.03. The molecule has 0 fully saturated rings. The quantitative estimate of drug-likeness (QED) is 0.393. The first-order valence-electron chi connectivity index (χ1n) is 4.68. The molecule has 0 bridgehead atoms. The molecule has 0 unspecified atom stereocenters. The van der Waals surface area contributed by atoms with E-state index in [4.69, 9.17) is 9.47 Å². The molecule has 0 aliphatic carbocycles. The van der Waals surface area contributed by atoms with Crippen LogP contribution in [0.1, 0.15) is 26.2 Å². The van der Waals surface area contributed by atoms with Crippen LogP contribution in [0.15, 0.2) is 12.7 Å². The second-order valence-corrected chi connectivity index (χ2v) is 2.68. The molecule has 72 valence electrons. The minimum Gasteiger partial charge on any atom is -0.379 e. The Morgan fingerprint density at radius 2 is 1.83 bits per heavy atom. The Balaban J connectivity index is 2.77. The number of hydrogen-bond acceptors (Lipinski definition) is 2. The van der Waals surface area contributed by atoms with Crippen molar-refractivity contribution in [2.75, 3.05) is 26.4 Å². The van der Waals surface area contributed by atoms with Gasteiger partial charge in [0.25, 0.3) is 0 Å². The highest BCUT2D eigenvalue weighted by Crippen LogP contribution is 1.93. The fourth-order valence-corrected chi connectivity index (χ4v) is 0.841. The summed E-state index contributed by atoms with van der Waals surface area (Å²) in [7, 11) is 0. The third kappa shape index (κ3) is 9.66. The van der Waals surface area contributed by atoms with E-state index in [0.717, 1.165) is 13.0 Å². The van der Waals surface area contributed by atoms with Crippen LogP contribution in [0.2, 0.25) is 0 Å². The van der Waals surface area contributed by atoms with E-state index >= 15 is 0 Å². The lowest BCUT2D eigenvalue weighted by molar-refractivity contribution is 0.0569. The summed E-state index contributed by atoms with van der Waals surface area (Å²) in [5.41, 5.74) is 0. The van der Waals surface area contributed by atoms with E-state index in [2.05, 4.69) is 13.5 Å². The number of hydrogen-bond donors (Lipinski definition) is 0. The molecule has 2 nitrogen and oxygen atoms in total. The number of ether oxygens (including phenoxy) is 2. The summed E-state index contributed by atoms with van der Waals surface area (Å²) in [4.78, 5) is 0. The molecule has 0 atom stereocenters. The standard InChI is InChI=1S/C10H20O2/c1-3-5-6-8-12-10-9-11-7-4-2/h4H,2-3,5-10H2,1H3. The van der Waals surface area contributed by atoms with Crippen molar-refractivity contribution >= 4 is 0 Å². The fraction of sp³-hybridized carbons (Fsp3) is 0.800. The Hall–Kier alpha value is -0.340. The van der Waals surface area contributed by atoms with E-state index < -0.39 is 0 Å². The highest BCUT2D eigenvalue weighted by molar-refractivity contribution is 4.63. The zero-order valence-electron chi connectivity index (χ0n) is 8.05. The smallest absolute Gasteiger partial charge is 0.0704 e. The minimum absolute atomic E-state index is 0.623. The van der Waals surface area contributed by atoms with Crippen LogP contribution in [0.3, 0.4) is 0 Å². The predicted octanol–water partition coefficient (Wildman–Crippen LogP) is 2.40. The summed E-state index contributed by atoms with van der Waals surface area (Å²) in [5, 5.41) is 0. The largest absolute Gasteiger partial charge is 0.379 e. The first-order chi connectivity index (χ1) is 5.91. The molecule has 0 N–H and O–H groups in total. The van der Waals surface area contributed by atoms with Gasteiger partial charge in [0, 0.05) is 6.61 Å². The van der Waals surface area contributed by atoms with Gasteiger partial charge in [-0.3, -0.25) is 0 Å². The molecular formula is C10H20O2. The second kappa shape index (κ2) is 10.7. The number of rotatable bonds is 9. The summed E-state index contributed by atoms with van der Waals surface area (Å²) in [6, 6.07) is 0. The molecule has 0 saturated carbocycles. The topological polar surface area (TPSA) is 18.5 Å². The average molecular weight is 172 g/mol. The van der Waals surface area contributed by atoms with Crippen LogP contribution >= 0.6 is 0 Å². The van der Waals surface area contributed by atoms with Gasteiger partial charge in [-0.15, -0.1) is 6.58 Å². The first-order valence-corrected chi connectivity index (χ1v) is 4.68. The maximum atomic E-state index is 5.32. The molecule has 0 heterocycles. The van der Waals surface area contributed by atoms with Crippen molar-refractivity contribution in [2.45, 2.75) is 26.2 Å². The molecule has 0 aliphatic heterocycles. The van der Waals surface area contributed by atoms with Crippen LogP contribution in [0.25, 0.3) is 0 Å². The summed E-state index contributed by atoms with van der Waals surface area (Å²) < 4.78 is 10.5. The van der Waals surface area contributed by atoms with Gasteiger partial charge in [0.1, 0.15) is 0 Å². The summed E-state index contributed by atoms with van der Waals surface area (Å²) in [6.45, 7) is 8.62. The zero-order chi connectivity index (χ0) is 9.07. The normalized spacial score (nSPS) is 10.1. The predicted molar refractivity (Wildman–Crippen MR) is 51.4 cm³/mol. The Bertz CT molecular complexity index is 91.8. The maximum Gasteiger partial charge on any atom is 0.0704 e. The van der Waals surface area contributed by atoms with Crippen molar-refractivity contribution in [2.24, 2.45) is 0 Å². The molecule has 0 rings (SSSR count). The van der Waals surface area contributed by atoms with Gasteiger partial charge in [-0.25, -0.2) is 0 Å². The van der Waals surface area contributed by atoms with Crippen molar-refractivity contribution in [1.82, 2.24) is 0 Å². The van der Waals surface area contributed by atoms with Crippen LogP contribution in [-0.4, -0.2) is 26.4 Å². The van der Waals surface area contributed by atoms with Crippen LogP contribution < -0.4 is 0 Å². The third-order valence-electron chi connectivity index (χ3n) is 1.50. The molecule has 0 radical (unpaired) electrons. The van der Waals surface area contributed by atoms with Gasteiger partial charge in [0.15, 0.2) is 0 Å². The number of unbranched alkanes of at least 4 members (excludes halogenated alkanes) is 2. The van der Waals surface area contributed by atoms with Crippen molar-refractivity contribution in [3.63, 3.8) is 0 Å². The fourth-order valence-electron chi connectivity index (χ4n) is 0.841. The Morgan fingerprint density at radius 1 is 1.08 bits per heavy atom. The Morgan fingerprint density at radius 3 is 2.50 bits per heavy atom. The molecule has 0 aromatic carbocycles. The van der Waals surface area contributed by atoms with Gasteiger partial charge < -0.3 is 9.47 Å². The minimum atomic E-state index is 0.623. The van der Waals surface area contributed by atoms with E-state index in [0.29, 0.717) is 19.8 Å². The van der Waals surface area contributed by atoms with Gasteiger partial charge in [-0.1, -0.05) is 25.8 Å². The summed E-state index contributed by atoms with van der Waals surface area (Å²) in [5.74, 6) is 0. The molecule has 0 aliphatic rings. The SMILES string of the molecule is C=CCOCCOCCCCC. The first kappa shape index (κ1) is 11.7. The lowest BCUT2D eigenvalue weighted by Crippen LogP contribution is -2.05. The van der Waals surface area contributed by atoms with Crippen LogP contribution in [-0.2, 0) is 9.47 Å². The monoisotopic (exact) mass is 172 g/mol. The summed E-state index contributed by atoms with van der Waals surface area (Å²) >= 11 is 0. The van der Waals surface area contributed by atoms with Gasteiger partial charge >= 0.3 is 0 Å². The van der Waals surface area contributed by atoms with Gasteiger partial charge in [-0.2, -0.15) is 0 Å². The van der Waals surface area contributed by atoms with E-state index in [9.17, 15) is 0 Å². The molecule has 0 saturated heterocycles. The molecule has 0 aromatic heterocycles. The van der Waals surface area contributed by atoms with Crippen molar-refractivity contribution in [3.05, 3.63) is 12.7 Å². The van der Waals surface area contributed by atoms with Crippen LogP contribution in [0.4, 0.5) is 0 Å².